The van der Waals surface area contributed by atoms with Crippen LogP contribution in [0.15, 0.2) is 97.1 Å². The molecule has 0 unspecified atom stereocenters. The minimum atomic E-state index is -0.319. The molecular formula is C43H37NO3. The number of carbonyl (C=O) groups is 2. The van der Waals surface area contributed by atoms with Crippen LogP contribution in [0.2, 0.25) is 0 Å². The second-order valence-electron chi connectivity index (χ2n) is 13.8. The van der Waals surface area contributed by atoms with E-state index < -0.39 is 0 Å². The summed E-state index contributed by atoms with van der Waals surface area (Å²) >= 11 is 0. The van der Waals surface area contributed by atoms with Crippen molar-refractivity contribution in [2.24, 2.45) is 0 Å². The standard InChI is InChI=1S/C43H37NO3/c1-23(2)27-14-7-8-19-35(27)47-36-22-34-38-33(42(45)44(43(34)46)41-28(24(3)4)15-11-16-29(41)25(5)6)21-20-31-30-17-9-12-26-13-10-18-32(37(26)30)39(36)40(31)38/h7-25H,1-6H3. The first kappa shape index (κ1) is 29.2. The van der Waals surface area contributed by atoms with E-state index in [4.69, 9.17) is 4.74 Å². The summed E-state index contributed by atoms with van der Waals surface area (Å²) < 4.78 is 6.93. The second-order valence-corrected chi connectivity index (χ2v) is 13.8. The van der Waals surface area contributed by atoms with E-state index in [0.717, 1.165) is 60.1 Å². The number of fused-ring (bicyclic) bond motifs is 2. The molecule has 0 aromatic heterocycles. The third kappa shape index (κ3) is 4.20. The molecule has 0 saturated carbocycles. The highest BCUT2D eigenvalue weighted by Crippen LogP contribution is 2.50. The van der Waals surface area contributed by atoms with E-state index in [1.807, 2.05) is 48.5 Å². The quantitative estimate of drug-likeness (QED) is 0.106. The van der Waals surface area contributed by atoms with Gasteiger partial charge in [-0.15, -0.1) is 0 Å². The van der Waals surface area contributed by atoms with Crippen LogP contribution in [0.1, 0.15) is 96.7 Å². The smallest absolute Gasteiger partial charge is 0.266 e. The van der Waals surface area contributed by atoms with Gasteiger partial charge >= 0.3 is 0 Å². The lowest BCUT2D eigenvalue weighted by Gasteiger charge is -2.33. The van der Waals surface area contributed by atoms with Crippen LogP contribution >= 0.6 is 0 Å². The Kier molecular flexibility index (Phi) is 6.63. The third-order valence-corrected chi connectivity index (χ3v) is 9.90. The maximum Gasteiger partial charge on any atom is 0.266 e. The number of para-hydroxylation sites is 2. The van der Waals surface area contributed by atoms with Gasteiger partial charge in [0, 0.05) is 21.7 Å². The van der Waals surface area contributed by atoms with E-state index in [0.29, 0.717) is 28.0 Å². The van der Waals surface area contributed by atoms with E-state index in [9.17, 15) is 9.59 Å². The van der Waals surface area contributed by atoms with Gasteiger partial charge in [0.05, 0.1) is 11.3 Å². The maximum absolute atomic E-state index is 15.0. The lowest BCUT2D eigenvalue weighted by molar-refractivity contribution is 0.0892. The number of rotatable bonds is 6. The Bertz CT molecular complexity index is 2380. The van der Waals surface area contributed by atoms with Crippen LogP contribution in [0, 0.1) is 0 Å². The number of hydrogen-bond donors (Lipinski definition) is 0. The number of ether oxygens (including phenoxy) is 1. The maximum atomic E-state index is 15.0. The SMILES string of the molecule is CC(C)c1ccccc1Oc1cc2c3c(ccc4c5cccc6cccc(c1c34)c65)C(=O)N(c1c(C(C)C)cccc1C(C)C)C2=O. The molecule has 0 atom stereocenters. The van der Waals surface area contributed by atoms with Crippen LogP contribution in [0.4, 0.5) is 5.69 Å². The minimum absolute atomic E-state index is 0.115. The van der Waals surface area contributed by atoms with Crippen molar-refractivity contribution in [3.8, 4) is 11.5 Å². The van der Waals surface area contributed by atoms with Gasteiger partial charge in [0.1, 0.15) is 11.5 Å². The summed E-state index contributed by atoms with van der Waals surface area (Å²) in [6.07, 6.45) is 0. The number of carbonyl (C=O) groups excluding carboxylic acids is 2. The number of benzene rings is 7. The molecular weight excluding hydrogens is 578 g/mol. The summed E-state index contributed by atoms with van der Waals surface area (Å²) in [5.41, 5.74) is 4.78. The molecule has 1 aliphatic heterocycles. The van der Waals surface area contributed by atoms with Crippen LogP contribution < -0.4 is 9.64 Å². The van der Waals surface area contributed by atoms with Crippen LogP contribution in [0.5, 0.6) is 11.5 Å². The van der Waals surface area contributed by atoms with Gasteiger partial charge in [-0.05, 0) is 79.6 Å². The molecule has 2 amide bonds. The molecule has 0 N–H and O–H groups in total. The summed E-state index contributed by atoms with van der Waals surface area (Å²) in [5.74, 6) is 1.24. The van der Waals surface area contributed by atoms with Crippen LogP contribution in [-0.2, 0) is 0 Å². The number of nitrogens with zero attached hydrogens (tertiary/aromatic N) is 1. The van der Waals surface area contributed by atoms with E-state index in [2.05, 4.69) is 90.1 Å². The zero-order valence-electron chi connectivity index (χ0n) is 27.6. The molecule has 4 heteroatoms. The van der Waals surface area contributed by atoms with Gasteiger partial charge in [-0.3, -0.25) is 9.59 Å². The lowest BCUT2D eigenvalue weighted by atomic mass is 9.83. The van der Waals surface area contributed by atoms with E-state index >= 15 is 0 Å². The highest BCUT2D eigenvalue weighted by molar-refractivity contribution is 6.43. The van der Waals surface area contributed by atoms with Crippen molar-refractivity contribution in [3.63, 3.8) is 0 Å². The molecule has 4 nitrogen and oxygen atoms in total. The van der Waals surface area contributed by atoms with Crippen molar-refractivity contribution in [2.75, 3.05) is 4.90 Å². The highest BCUT2D eigenvalue weighted by atomic mass is 16.5. The predicted octanol–water partition coefficient (Wildman–Crippen LogP) is 11.7. The van der Waals surface area contributed by atoms with Gasteiger partial charge in [0.25, 0.3) is 11.8 Å². The van der Waals surface area contributed by atoms with Crippen molar-refractivity contribution >= 4 is 60.6 Å². The van der Waals surface area contributed by atoms with Crippen molar-refractivity contribution in [1.29, 1.82) is 0 Å². The molecule has 7 aromatic carbocycles. The molecule has 0 fully saturated rings. The Hall–Kier alpha value is -5.22. The molecule has 0 radical (unpaired) electrons. The molecule has 1 aliphatic rings. The summed E-state index contributed by atoms with van der Waals surface area (Å²) in [5, 5.41) is 7.94. The van der Waals surface area contributed by atoms with Crippen molar-refractivity contribution < 1.29 is 14.3 Å². The van der Waals surface area contributed by atoms with Crippen LogP contribution in [0.3, 0.4) is 0 Å². The predicted molar refractivity (Wildman–Crippen MR) is 194 cm³/mol. The van der Waals surface area contributed by atoms with E-state index in [1.165, 1.54) is 4.90 Å². The van der Waals surface area contributed by atoms with Crippen LogP contribution in [0.25, 0.3) is 43.1 Å². The average molecular weight is 616 g/mol. The molecule has 0 spiro atoms. The number of anilines is 1. The molecule has 0 saturated heterocycles. The summed E-state index contributed by atoms with van der Waals surface area (Å²) in [7, 11) is 0. The fraction of sp³-hybridized carbons (Fsp3) is 0.209. The molecule has 1 heterocycles. The summed E-state index contributed by atoms with van der Waals surface area (Å²) in [6.45, 7) is 12.7. The van der Waals surface area contributed by atoms with Gasteiger partial charge in [-0.25, -0.2) is 4.90 Å². The Morgan fingerprint density at radius 1 is 0.489 bits per heavy atom. The monoisotopic (exact) mass is 615 g/mol. The van der Waals surface area contributed by atoms with Gasteiger partial charge < -0.3 is 4.74 Å². The van der Waals surface area contributed by atoms with Crippen molar-refractivity contribution in [3.05, 3.63) is 125 Å². The van der Waals surface area contributed by atoms with Gasteiger partial charge in [0.2, 0.25) is 0 Å². The van der Waals surface area contributed by atoms with E-state index in [-0.39, 0.29) is 29.6 Å². The summed E-state index contributed by atoms with van der Waals surface area (Å²) in [6, 6.07) is 32.8. The van der Waals surface area contributed by atoms with E-state index in [1.54, 1.807) is 0 Å². The largest absolute Gasteiger partial charge is 0.456 e. The molecule has 0 aliphatic carbocycles. The van der Waals surface area contributed by atoms with Gasteiger partial charge in [0.15, 0.2) is 0 Å². The van der Waals surface area contributed by atoms with Crippen molar-refractivity contribution in [1.82, 2.24) is 0 Å². The highest BCUT2D eigenvalue weighted by Gasteiger charge is 2.39. The van der Waals surface area contributed by atoms with Gasteiger partial charge in [-0.2, -0.15) is 0 Å². The molecule has 232 valence electrons. The average Bonchev–Trinajstić information content (AvgIpc) is 3.06. The zero-order chi connectivity index (χ0) is 32.7. The number of amides is 2. The van der Waals surface area contributed by atoms with Crippen LogP contribution in [-0.4, -0.2) is 11.8 Å². The Morgan fingerprint density at radius 3 is 1.74 bits per heavy atom. The number of hydrogen-bond acceptors (Lipinski definition) is 3. The fourth-order valence-electron chi connectivity index (χ4n) is 7.71. The molecule has 8 rings (SSSR count). The Morgan fingerprint density at radius 2 is 1.06 bits per heavy atom. The zero-order valence-corrected chi connectivity index (χ0v) is 27.6. The minimum Gasteiger partial charge on any atom is -0.456 e. The fourth-order valence-corrected chi connectivity index (χ4v) is 7.71. The first-order valence-corrected chi connectivity index (χ1v) is 16.6. The van der Waals surface area contributed by atoms with Gasteiger partial charge in [-0.1, -0.05) is 120 Å². The third-order valence-electron chi connectivity index (χ3n) is 9.90. The van der Waals surface area contributed by atoms with Crippen molar-refractivity contribution in [2.45, 2.75) is 59.3 Å². The molecule has 47 heavy (non-hydrogen) atoms. The first-order valence-electron chi connectivity index (χ1n) is 16.6. The topological polar surface area (TPSA) is 46.6 Å². The lowest BCUT2D eigenvalue weighted by Crippen LogP contribution is -2.41. The molecule has 7 aromatic rings. The Labute approximate surface area is 274 Å². The molecule has 0 bridgehead atoms. The normalized spacial score (nSPS) is 13.5. The summed E-state index contributed by atoms with van der Waals surface area (Å²) in [4.78, 5) is 31.1. The second kappa shape index (κ2) is 10.7. The first-order chi connectivity index (χ1) is 22.7. The Balaban J connectivity index is 1.50. The number of imide groups is 1.